The number of aromatic nitrogens is 2. The Labute approximate surface area is 145 Å². The molecule has 0 fully saturated rings. The molecular formula is C21H40N2. The summed E-state index contributed by atoms with van der Waals surface area (Å²) in [6.45, 7) is 9.38. The second-order valence-electron chi connectivity index (χ2n) is 7.73. The van der Waals surface area contributed by atoms with E-state index in [0.29, 0.717) is 0 Å². The van der Waals surface area contributed by atoms with E-state index in [1.807, 2.05) is 12.5 Å². The maximum atomic E-state index is 4.27. The second-order valence-corrected chi connectivity index (χ2v) is 7.73. The van der Waals surface area contributed by atoms with Crippen molar-refractivity contribution in [1.82, 2.24) is 9.55 Å². The molecule has 0 N–H and O–H groups in total. The molecule has 0 bridgehead atoms. The third kappa shape index (κ3) is 7.54. The Morgan fingerprint density at radius 2 is 1.35 bits per heavy atom. The molecule has 0 spiro atoms. The number of nitrogens with zero attached hydrogens (tertiary/aromatic N) is 2. The molecule has 23 heavy (non-hydrogen) atoms. The molecule has 1 atom stereocenters. The number of hydrogen-bond acceptors (Lipinski definition) is 1. The highest BCUT2D eigenvalue weighted by molar-refractivity contribution is 4.90. The van der Waals surface area contributed by atoms with Crippen molar-refractivity contribution in [2.75, 3.05) is 0 Å². The molecule has 2 heteroatoms. The molecule has 0 aliphatic rings. The Hall–Kier alpha value is -0.790. The van der Waals surface area contributed by atoms with Gasteiger partial charge < -0.3 is 4.57 Å². The summed E-state index contributed by atoms with van der Waals surface area (Å²) < 4.78 is 2.33. The molecule has 0 aromatic carbocycles. The second kappa shape index (κ2) is 11.7. The van der Waals surface area contributed by atoms with E-state index in [0.717, 1.165) is 5.92 Å². The number of hydrogen-bond donors (Lipinski definition) is 0. The van der Waals surface area contributed by atoms with Gasteiger partial charge in [0.15, 0.2) is 0 Å². The highest BCUT2D eigenvalue weighted by Gasteiger charge is 2.29. The highest BCUT2D eigenvalue weighted by atomic mass is 15.1. The van der Waals surface area contributed by atoms with Crippen molar-refractivity contribution in [3.8, 4) is 0 Å². The van der Waals surface area contributed by atoms with Crippen molar-refractivity contribution in [2.45, 2.75) is 110 Å². The molecule has 0 aliphatic heterocycles. The van der Waals surface area contributed by atoms with Crippen molar-refractivity contribution in [1.29, 1.82) is 0 Å². The van der Waals surface area contributed by atoms with Crippen LogP contribution in [0.4, 0.5) is 0 Å². The van der Waals surface area contributed by atoms with Crippen molar-refractivity contribution in [2.24, 2.45) is 5.92 Å². The van der Waals surface area contributed by atoms with E-state index in [4.69, 9.17) is 0 Å². The van der Waals surface area contributed by atoms with Crippen molar-refractivity contribution in [3.63, 3.8) is 0 Å². The maximum Gasteiger partial charge on any atom is 0.0951 e. The summed E-state index contributed by atoms with van der Waals surface area (Å²) in [5.41, 5.74) is 0.187. The van der Waals surface area contributed by atoms with Crippen molar-refractivity contribution < 1.29 is 0 Å². The molecule has 0 aliphatic carbocycles. The Balaban J connectivity index is 2.48. The smallest absolute Gasteiger partial charge is 0.0951 e. The minimum absolute atomic E-state index is 0.187. The van der Waals surface area contributed by atoms with E-state index < -0.39 is 0 Å². The lowest BCUT2D eigenvalue weighted by Crippen LogP contribution is -2.34. The van der Waals surface area contributed by atoms with Crippen LogP contribution in [0.3, 0.4) is 0 Å². The molecule has 0 amide bonds. The van der Waals surface area contributed by atoms with E-state index in [-0.39, 0.29) is 5.54 Å². The normalized spacial score (nSPS) is 13.4. The fourth-order valence-electron chi connectivity index (χ4n) is 3.65. The van der Waals surface area contributed by atoms with Crippen LogP contribution in [0.2, 0.25) is 0 Å². The number of imidazole rings is 1. The van der Waals surface area contributed by atoms with Gasteiger partial charge in [-0.2, -0.15) is 0 Å². The van der Waals surface area contributed by atoms with Gasteiger partial charge in [-0.05, 0) is 32.6 Å². The zero-order valence-electron chi connectivity index (χ0n) is 16.2. The third-order valence-corrected chi connectivity index (χ3v) is 5.48. The Kier molecular flexibility index (Phi) is 10.3. The quantitative estimate of drug-likeness (QED) is 0.339. The van der Waals surface area contributed by atoms with Crippen LogP contribution in [0.15, 0.2) is 18.7 Å². The van der Waals surface area contributed by atoms with Crippen LogP contribution < -0.4 is 0 Å². The highest BCUT2D eigenvalue weighted by Crippen LogP contribution is 2.34. The summed E-state index contributed by atoms with van der Waals surface area (Å²) in [5, 5.41) is 0. The molecule has 134 valence electrons. The molecule has 0 unspecified atom stereocenters. The monoisotopic (exact) mass is 320 g/mol. The number of unbranched alkanes of at least 4 members (excludes halogenated alkanes) is 8. The van der Waals surface area contributed by atoms with Crippen LogP contribution in [0.5, 0.6) is 0 Å². The predicted molar refractivity (Wildman–Crippen MR) is 102 cm³/mol. The number of rotatable bonds is 14. The van der Waals surface area contributed by atoms with Crippen LogP contribution >= 0.6 is 0 Å². The Bertz CT molecular complexity index is 367. The van der Waals surface area contributed by atoms with Gasteiger partial charge in [-0.25, -0.2) is 4.98 Å². The van der Waals surface area contributed by atoms with Gasteiger partial charge in [0.05, 0.1) is 6.33 Å². The third-order valence-electron chi connectivity index (χ3n) is 5.48. The SMILES string of the molecule is CCCCCCCC[C@H](CCCCCC)C(C)(C)n1ccnc1. The van der Waals surface area contributed by atoms with Crippen LogP contribution in [-0.4, -0.2) is 9.55 Å². The van der Waals surface area contributed by atoms with E-state index in [9.17, 15) is 0 Å². The van der Waals surface area contributed by atoms with E-state index >= 15 is 0 Å². The predicted octanol–water partition coefficient (Wildman–Crippen LogP) is 6.96. The van der Waals surface area contributed by atoms with Gasteiger partial charge in [0, 0.05) is 17.9 Å². The Morgan fingerprint density at radius 1 is 0.826 bits per heavy atom. The van der Waals surface area contributed by atoms with Gasteiger partial charge in [-0.1, -0.05) is 78.1 Å². The molecule has 1 rings (SSSR count). The van der Waals surface area contributed by atoms with E-state index in [1.54, 1.807) is 0 Å². The molecule has 1 heterocycles. The fourth-order valence-corrected chi connectivity index (χ4v) is 3.65. The molecule has 1 aromatic heterocycles. The van der Waals surface area contributed by atoms with Crippen LogP contribution in [-0.2, 0) is 5.54 Å². The summed E-state index contributed by atoms with van der Waals surface area (Å²) in [4.78, 5) is 4.27. The fraction of sp³-hybridized carbons (Fsp3) is 0.857. The molecule has 0 saturated heterocycles. The lowest BCUT2D eigenvalue weighted by atomic mass is 9.79. The topological polar surface area (TPSA) is 17.8 Å². The zero-order valence-corrected chi connectivity index (χ0v) is 16.2. The molecule has 1 aromatic rings. The summed E-state index contributed by atoms with van der Waals surface area (Å²) in [6, 6.07) is 0. The maximum absolute atomic E-state index is 4.27. The standard InChI is InChI=1S/C21H40N2/c1-5-7-9-11-12-14-16-20(15-13-10-8-6-2)21(3,4)23-18-17-22-19-23/h17-20H,5-16H2,1-4H3/t20-/m0/s1. The summed E-state index contributed by atoms with van der Waals surface area (Å²) >= 11 is 0. The minimum atomic E-state index is 0.187. The lowest BCUT2D eigenvalue weighted by molar-refractivity contribution is 0.181. The zero-order chi connectivity index (χ0) is 17.0. The molecule has 2 nitrogen and oxygen atoms in total. The first-order chi connectivity index (χ1) is 11.1. The van der Waals surface area contributed by atoms with Crippen molar-refractivity contribution >= 4 is 0 Å². The molecule has 0 saturated carbocycles. The van der Waals surface area contributed by atoms with Gasteiger partial charge in [0.2, 0.25) is 0 Å². The first kappa shape index (κ1) is 20.3. The van der Waals surface area contributed by atoms with Gasteiger partial charge in [0.25, 0.3) is 0 Å². The van der Waals surface area contributed by atoms with E-state index in [2.05, 4.69) is 43.4 Å². The van der Waals surface area contributed by atoms with E-state index in [1.165, 1.54) is 77.0 Å². The average Bonchev–Trinajstić information content (AvgIpc) is 3.07. The summed E-state index contributed by atoms with van der Waals surface area (Å²) in [5.74, 6) is 0.764. The van der Waals surface area contributed by atoms with Crippen LogP contribution in [0, 0.1) is 5.92 Å². The molecular weight excluding hydrogens is 280 g/mol. The van der Waals surface area contributed by atoms with Gasteiger partial charge >= 0.3 is 0 Å². The average molecular weight is 321 g/mol. The van der Waals surface area contributed by atoms with Gasteiger partial charge in [0.1, 0.15) is 0 Å². The minimum Gasteiger partial charge on any atom is -0.332 e. The van der Waals surface area contributed by atoms with Gasteiger partial charge in [-0.15, -0.1) is 0 Å². The first-order valence-corrected chi connectivity index (χ1v) is 10.1. The van der Waals surface area contributed by atoms with Crippen molar-refractivity contribution in [3.05, 3.63) is 18.7 Å². The first-order valence-electron chi connectivity index (χ1n) is 10.1. The summed E-state index contributed by atoms with van der Waals surface area (Å²) in [7, 11) is 0. The summed E-state index contributed by atoms with van der Waals surface area (Å²) in [6.07, 6.45) is 22.6. The van der Waals surface area contributed by atoms with Crippen LogP contribution in [0.25, 0.3) is 0 Å². The Morgan fingerprint density at radius 3 is 1.87 bits per heavy atom. The lowest BCUT2D eigenvalue weighted by Gasteiger charge is -2.36. The van der Waals surface area contributed by atoms with Crippen LogP contribution in [0.1, 0.15) is 105 Å². The largest absolute Gasteiger partial charge is 0.332 e. The van der Waals surface area contributed by atoms with Gasteiger partial charge in [-0.3, -0.25) is 0 Å². The molecule has 0 radical (unpaired) electrons.